The summed E-state index contributed by atoms with van der Waals surface area (Å²) >= 11 is 0. The van der Waals surface area contributed by atoms with E-state index in [0.717, 1.165) is 4.90 Å². The topological polar surface area (TPSA) is 144 Å². The maximum absolute atomic E-state index is 12.0. The Bertz CT molecular complexity index is 451. The van der Waals surface area contributed by atoms with Gasteiger partial charge in [-0.15, -0.1) is 0 Å². The number of rotatable bonds is 6. The number of carbonyl (C=O) groups is 4. The van der Waals surface area contributed by atoms with Crippen LogP contribution in [0, 0.1) is 0 Å². The molecule has 1 saturated heterocycles. The van der Waals surface area contributed by atoms with Crippen LogP contribution < -0.4 is 5.32 Å². The lowest BCUT2D eigenvalue weighted by atomic mass is 10.1. The maximum atomic E-state index is 12.0. The van der Waals surface area contributed by atoms with Crippen molar-refractivity contribution in [3.8, 4) is 0 Å². The maximum Gasteiger partial charge on any atom is 0.326 e. The highest BCUT2D eigenvalue weighted by molar-refractivity contribution is 5.90. The number of carboxylic acid groups (broad SMARTS) is 2. The number of nitrogens with zero attached hydrogens (tertiary/aromatic N) is 1. The van der Waals surface area contributed by atoms with E-state index in [1.807, 2.05) is 0 Å². The van der Waals surface area contributed by atoms with Gasteiger partial charge in [0.05, 0.1) is 6.10 Å². The largest absolute Gasteiger partial charge is 0.481 e. The van der Waals surface area contributed by atoms with Crippen LogP contribution in [0.3, 0.4) is 0 Å². The average Bonchev–Trinajstić information content (AvgIpc) is 2.76. The van der Waals surface area contributed by atoms with Crippen LogP contribution >= 0.6 is 0 Å². The first-order valence-corrected chi connectivity index (χ1v) is 6.42. The first-order valence-electron chi connectivity index (χ1n) is 6.42. The number of hydrogen-bond acceptors (Lipinski definition) is 5. The van der Waals surface area contributed by atoms with Crippen molar-refractivity contribution in [2.45, 2.75) is 44.4 Å². The van der Waals surface area contributed by atoms with Crippen molar-refractivity contribution in [3.63, 3.8) is 0 Å². The molecular weight excluding hydrogens is 284 g/mol. The quantitative estimate of drug-likeness (QED) is 0.462. The molecule has 1 heterocycles. The number of aliphatic hydroxyl groups excluding tert-OH is 1. The van der Waals surface area contributed by atoms with Gasteiger partial charge in [0.2, 0.25) is 11.8 Å². The normalized spacial score (nSPS) is 22.7. The SMILES string of the molecule is CC(=O)N1CC(O)C[C@H]1C(=O)N[C@@H](CCC(=O)O)C(=O)O. The Labute approximate surface area is 120 Å². The second-order valence-electron chi connectivity index (χ2n) is 4.91. The predicted octanol–water partition coefficient (Wildman–Crippen LogP) is -1.60. The molecule has 0 aliphatic carbocycles. The molecule has 9 heteroatoms. The number of carbonyl (C=O) groups excluding carboxylic acids is 2. The number of nitrogens with one attached hydrogen (secondary N) is 1. The van der Waals surface area contributed by atoms with Gasteiger partial charge in [-0.3, -0.25) is 14.4 Å². The number of aliphatic carboxylic acids is 2. The van der Waals surface area contributed by atoms with Crippen molar-refractivity contribution in [1.29, 1.82) is 0 Å². The molecule has 9 nitrogen and oxygen atoms in total. The molecule has 1 fully saturated rings. The van der Waals surface area contributed by atoms with Crippen LogP contribution in [0.1, 0.15) is 26.2 Å². The fraction of sp³-hybridized carbons (Fsp3) is 0.667. The van der Waals surface area contributed by atoms with Crippen LogP contribution in [0.2, 0.25) is 0 Å². The molecule has 1 unspecified atom stereocenters. The molecule has 1 rings (SSSR count). The standard InChI is InChI=1S/C12H18N2O7/c1-6(15)14-5-7(16)4-9(14)11(19)13-8(12(20)21)2-3-10(17)18/h7-9,16H,2-5H2,1H3,(H,13,19)(H,17,18)(H,20,21)/t7?,8-,9-/m0/s1. The summed E-state index contributed by atoms with van der Waals surface area (Å²) in [5, 5.41) is 29.2. The molecule has 4 N–H and O–H groups in total. The highest BCUT2D eigenvalue weighted by atomic mass is 16.4. The Hall–Kier alpha value is -2.16. The zero-order valence-electron chi connectivity index (χ0n) is 11.5. The zero-order chi connectivity index (χ0) is 16.2. The third-order valence-electron chi connectivity index (χ3n) is 3.25. The molecule has 1 aliphatic heterocycles. The van der Waals surface area contributed by atoms with Gasteiger partial charge in [-0.2, -0.15) is 0 Å². The Morgan fingerprint density at radius 3 is 2.38 bits per heavy atom. The van der Waals surface area contributed by atoms with Crippen molar-refractivity contribution >= 4 is 23.8 Å². The van der Waals surface area contributed by atoms with Gasteiger partial charge in [-0.25, -0.2) is 4.79 Å². The van der Waals surface area contributed by atoms with E-state index in [-0.39, 0.29) is 19.4 Å². The van der Waals surface area contributed by atoms with Crippen molar-refractivity contribution in [1.82, 2.24) is 10.2 Å². The Morgan fingerprint density at radius 2 is 1.90 bits per heavy atom. The first kappa shape index (κ1) is 16.9. The number of aliphatic hydroxyl groups is 1. The van der Waals surface area contributed by atoms with Gasteiger partial charge in [0.1, 0.15) is 12.1 Å². The molecule has 0 aromatic heterocycles. The van der Waals surface area contributed by atoms with Crippen molar-refractivity contribution in [2.24, 2.45) is 0 Å². The molecule has 0 radical (unpaired) electrons. The van der Waals surface area contributed by atoms with E-state index < -0.39 is 48.4 Å². The predicted molar refractivity (Wildman–Crippen MR) is 68.2 cm³/mol. The minimum atomic E-state index is -1.35. The van der Waals surface area contributed by atoms with Gasteiger partial charge in [0.25, 0.3) is 0 Å². The summed E-state index contributed by atoms with van der Waals surface area (Å²) in [6.07, 6.45) is -1.48. The fourth-order valence-electron chi connectivity index (χ4n) is 2.20. The summed E-state index contributed by atoms with van der Waals surface area (Å²) in [5.74, 6) is -3.63. The van der Waals surface area contributed by atoms with Crippen LogP contribution in [0.15, 0.2) is 0 Å². The van der Waals surface area contributed by atoms with E-state index in [1.54, 1.807) is 0 Å². The van der Waals surface area contributed by atoms with E-state index in [0.29, 0.717) is 0 Å². The average molecular weight is 302 g/mol. The minimum absolute atomic E-state index is 0.0142. The molecule has 0 saturated carbocycles. The van der Waals surface area contributed by atoms with Crippen LogP contribution in [0.5, 0.6) is 0 Å². The summed E-state index contributed by atoms with van der Waals surface area (Å²) in [5.41, 5.74) is 0. The van der Waals surface area contributed by atoms with Crippen molar-refractivity contribution in [2.75, 3.05) is 6.54 Å². The summed E-state index contributed by atoms with van der Waals surface area (Å²) in [6.45, 7) is 1.26. The Kier molecular flexibility index (Phi) is 5.65. The molecule has 0 bridgehead atoms. The van der Waals surface area contributed by atoms with Gasteiger partial charge < -0.3 is 25.5 Å². The minimum Gasteiger partial charge on any atom is -0.481 e. The van der Waals surface area contributed by atoms with Gasteiger partial charge >= 0.3 is 11.9 Å². The molecule has 0 aromatic rings. The van der Waals surface area contributed by atoms with E-state index in [1.165, 1.54) is 6.92 Å². The Morgan fingerprint density at radius 1 is 1.29 bits per heavy atom. The third-order valence-corrected chi connectivity index (χ3v) is 3.25. The van der Waals surface area contributed by atoms with Crippen molar-refractivity contribution < 1.29 is 34.5 Å². The second kappa shape index (κ2) is 7.02. The molecule has 118 valence electrons. The molecule has 0 spiro atoms. The van der Waals surface area contributed by atoms with Gasteiger partial charge in [0.15, 0.2) is 0 Å². The number of hydrogen-bond donors (Lipinski definition) is 4. The third kappa shape index (κ3) is 4.71. The Balaban J connectivity index is 2.70. The molecule has 21 heavy (non-hydrogen) atoms. The van der Waals surface area contributed by atoms with Gasteiger partial charge in [-0.1, -0.05) is 0 Å². The second-order valence-corrected chi connectivity index (χ2v) is 4.91. The summed E-state index contributed by atoms with van der Waals surface area (Å²) in [4.78, 5) is 46.0. The molecule has 0 aromatic carbocycles. The molecule has 3 atom stereocenters. The number of likely N-dealkylation sites (tertiary alicyclic amines) is 1. The zero-order valence-corrected chi connectivity index (χ0v) is 11.5. The van der Waals surface area contributed by atoms with Crippen LogP contribution in [0.4, 0.5) is 0 Å². The van der Waals surface area contributed by atoms with Crippen LogP contribution in [-0.4, -0.2) is 68.7 Å². The summed E-state index contributed by atoms with van der Waals surface area (Å²) < 4.78 is 0. The molecular formula is C12H18N2O7. The van der Waals surface area contributed by atoms with E-state index >= 15 is 0 Å². The summed E-state index contributed by atoms with van der Waals surface area (Å²) in [7, 11) is 0. The lowest BCUT2D eigenvalue weighted by Gasteiger charge is -2.23. The van der Waals surface area contributed by atoms with E-state index in [4.69, 9.17) is 10.2 Å². The highest BCUT2D eigenvalue weighted by Crippen LogP contribution is 2.18. The molecule has 2 amide bonds. The first-order chi connectivity index (χ1) is 9.72. The molecule has 1 aliphatic rings. The smallest absolute Gasteiger partial charge is 0.326 e. The van der Waals surface area contributed by atoms with Crippen molar-refractivity contribution in [3.05, 3.63) is 0 Å². The van der Waals surface area contributed by atoms with E-state index in [9.17, 15) is 24.3 Å². The lowest BCUT2D eigenvalue weighted by molar-refractivity contribution is -0.144. The van der Waals surface area contributed by atoms with Gasteiger partial charge in [-0.05, 0) is 6.42 Å². The number of amides is 2. The van der Waals surface area contributed by atoms with Crippen LogP contribution in [-0.2, 0) is 19.2 Å². The summed E-state index contributed by atoms with van der Waals surface area (Å²) in [6, 6.07) is -2.29. The highest BCUT2D eigenvalue weighted by Gasteiger charge is 2.38. The number of β-amino-alcohol motifs (C(OH)–C–C–N with tert-alkyl or cyclic N) is 1. The van der Waals surface area contributed by atoms with E-state index in [2.05, 4.69) is 5.32 Å². The fourth-order valence-corrected chi connectivity index (χ4v) is 2.20. The lowest BCUT2D eigenvalue weighted by Crippen LogP contribution is -2.50. The van der Waals surface area contributed by atoms with Crippen LogP contribution in [0.25, 0.3) is 0 Å². The van der Waals surface area contributed by atoms with Gasteiger partial charge in [0, 0.05) is 26.3 Å². The monoisotopic (exact) mass is 302 g/mol. The number of carboxylic acids is 2.